The number of nitrogens with zero attached hydrogens (tertiary/aromatic N) is 1. The summed E-state index contributed by atoms with van der Waals surface area (Å²) in [6.07, 6.45) is 0. The van der Waals surface area contributed by atoms with Gasteiger partial charge in [0.2, 0.25) is 0 Å². The van der Waals surface area contributed by atoms with Gasteiger partial charge in [-0.15, -0.1) is 0 Å². The zero-order chi connectivity index (χ0) is 14.2. The lowest BCUT2D eigenvalue weighted by Gasteiger charge is -2.11. The second-order valence-electron chi connectivity index (χ2n) is 4.19. The quantitative estimate of drug-likeness (QED) is 0.506. The van der Waals surface area contributed by atoms with Crippen LogP contribution in [0.15, 0.2) is 28.7 Å². The summed E-state index contributed by atoms with van der Waals surface area (Å²) < 4.78 is 16.4. The summed E-state index contributed by atoms with van der Waals surface area (Å²) >= 11 is 3.22. The van der Waals surface area contributed by atoms with Crippen LogP contribution in [0.4, 0.5) is 4.39 Å². The lowest BCUT2D eigenvalue weighted by molar-refractivity contribution is 0.0953. The first-order valence-corrected chi connectivity index (χ1v) is 6.40. The lowest BCUT2D eigenvalue weighted by atomic mass is 10.2. The van der Waals surface area contributed by atoms with Gasteiger partial charge in [-0.05, 0) is 38.1 Å². The highest BCUT2D eigenvalue weighted by atomic mass is 79.9. The molecule has 4 nitrogen and oxygen atoms in total. The van der Waals surface area contributed by atoms with E-state index in [0.717, 1.165) is 5.69 Å². The van der Waals surface area contributed by atoms with Gasteiger partial charge in [-0.1, -0.05) is 15.9 Å². The fourth-order valence-corrected chi connectivity index (χ4v) is 2.44. The van der Waals surface area contributed by atoms with Crippen molar-refractivity contribution in [2.45, 2.75) is 13.8 Å². The minimum Gasteiger partial charge on any atom is -0.315 e. The molecule has 2 rings (SSSR count). The third-order valence-electron chi connectivity index (χ3n) is 2.96. The first-order valence-electron chi connectivity index (χ1n) is 5.61. The standard InChI is InChI=1S/C13H13BrFN3O/c1-7-5-10(13(19)17-16)8(2)18(7)12-4-3-9(14)6-11(12)15/h3-6H,16H2,1-2H3,(H,17,19). The summed E-state index contributed by atoms with van der Waals surface area (Å²) in [6.45, 7) is 3.56. The molecule has 1 aromatic heterocycles. The number of hydrazine groups is 1. The van der Waals surface area contributed by atoms with E-state index >= 15 is 0 Å². The van der Waals surface area contributed by atoms with Gasteiger partial charge >= 0.3 is 0 Å². The Kier molecular flexibility index (Phi) is 3.73. The summed E-state index contributed by atoms with van der Waals surface area (Å²) in [6, 6.07) is 6.47. The third-order valence-corrected chi connectivity index (χ3v) is 3.45. The first kappa shape index (κ1) is 13.8. The molecule has 0 unspecified atom stereocenters. The summed E-state index contributed by atoms with van der Waals surface area (Å²) in [7, 11) is 0. The molecule has 0 atom stereocenters. The predicted octanol–water partition coefficient (Wildman–Crippen LogP) is 2.60. The fourth-order valence-electron chi connectivity index (χ4n) is 2.10. The molecule has 0 saturated carbocycles. The molecule has 1 amide bonds. The lowest BCUT2D eigenvalue weighted by Crippen LogP contribution is -2.30. The Bertz CT molecular complexity index is 652. The number of amides is 1. The Labute approximate surface area is 118 Å². The van der Waals surface area contributed by atoms with Crippen LogP contribution in [-0.2, 0) is 0 Å². The van der Waals surface area contributed by atoms with Crippen LogP contribution in [0.3, 0.4) is 0 Å². The zero-order valence-electron chi connectivity index (χ0n) is 10.5. The highest BCUT2D eigenvalue weighted by Crippen LogP contribution is 2.24. The number of benzene rings is 1. The number of rotatable bonds is 2. The number of aryl methyl sites for hydroxylation is 1. The Balaban J connectivity index is 2.63. The third kappa shape index (κ3) is 2.41. The maximum Gasteiger partial charge on any atom is 0.267 e. The molecule has 6 heteroatoms. The molecule has 0 aliphatic heterocycles. The number of nitrogen functional groups attached to an aromatic ring is 1. The second kappa shape index (κ2) is 5.14. The number of carbonyl (C=O) groups is 1. The van der Waals surface area contributed by atoms with Crippen LogP contribution in [-0.4, -0.2) is 10.5 Å². The minimum absolute atomic E-state index is 0.365. The van der Waals surface area contributed by atoms with Crippen LogP contribution in [0.5, 0.6) is 0 Å². The van der Waals surface area contributed by atoms with Crippen molar-refractivity contribution in [2.24, 2.45) is 5.84 Å². The van der Waals surface area contributed by atoms with Crippen LogP contribution in [0.1, 0.15) is 21.7 Å². The number of halogens is 2. The van der Waals surface area contributed by atoms with Crippen LogP contribution in [0.25, 0.3) is 5.69 Å². The average Bonchev–Trinajstić information content (AvgIpc) is 2.65. The first-order chi connectivity index (χ1) is 8.95. The number of aromatic nitrogens is 1. The van der Waals surface area contributed by atoms with Crippen LogP contribution < -0.4 is 11.3 Å². The van der Waals surface area contributed by atoms with Gasteiger partial charge in [0, 0.05) is 15.9 Å². The van der Waals surface area contributed by atoms with Crippen LogP contribution >= 0.6 is 15.9 Å². The van der Waals surface area contributed by atoms with E-state index in [9.17, 15) is 9.18 Å². The molecular weight excluding hydrogens is 313 g/mol. The molecule has 0 bridgehead atoms. The predicted molar refractivity (Wildman–Crippen MR) is 74.6 cm³/mol. The van der Waals surface area contributed by atoms with Crippen LogP contribution in [0, 0.1) is 19.7 Å². The SMILES string of the molecule is Cc1cc(C(=O)NN)c(C)n1-c1ccc(Br)cc1F. The Morgan fingerprint density at radius 1 is 1.37 bits per heavy atom. The summed E-state index contributed by atoms with van der Waals surface area (Å²) in [5.74, 6) is 4.37. The monoisotopic (exact) mass is 325 g/mol. The molecule has 19 heavy (non-hydrogen) atoms. The van der Waals surface area contributed by atoms with E-state index in [2.05, 4.69) is 21.4 Å². The number of hydrogen-bond acceptors (Lipinski definition) is 2. The smallest absolute Gasteiger partial charge is 0.267 e. The highest BCUT2D eigenvalue weighted by molar-refractivity contribution is 9.10. The molecule has 0 saturated heterocycles. The zero-order valence-corrected chi connectivity index (χ0v) is 12.1. The van der Waals surface area contributed by atoms with Gasteiger partial charge in [-0.3, -0.25) is 10.2 Å². The van der Waals surface area contributed by atoms with E-state index in [4.69, 9.17) is 5.84 Å². The maximum absolute atomic E-state index is 14.0. The second-order valence-corrected chi connectivity index (χ2v) is 5.11. The van der Waals surface area contributed by atoms with E-state index in [1.165, 1.54) is 6.07 Å². The normalized spacial score (nSPS) is 10.6. The van der Waals surface area contributed by atoms with E-state index in [-0.39, 0.29) is 5.82 Å². The van der Waals surface area contributed by atoms with Crippen molar-refractivity contribution in [3.8, 4) is 5.69 Å². The van der Waals surface area contributed by atoms with Gasteiger partial charge in [0.25, 0.3) is 5.91 Å². The molecule has 0 aliphatic carbocycles. The van der Waals surface area contributed by atoms with Crippen molar-refractivity contribution in [3.05, 3.63) is 51.5 Å². The van der Waals surface area contributed by atoms with Crippen molar-refractivity contribution < 1.29 is 9.18 Å². The molecule has 3 N–H and O–H groups in total. The molecule has 0 aliphatic rings. The molecule has 0 spiro atoms. The Morgan fingerprint density at radius 2 is 2.05 bits per heavy atom. The molecule has 1 aromatic carbocycles. The van der Waals surface area contributed by atoms with Gasteiger partial charge in [-0.25, -0.2) is 10.2 Å². The van der Waals surface area contributed by atoms with Crippen molar-refractivity contribution >= 4 is 21.8 Å². The average molecular weight is 326 g/mol. The number of nitrogens with two attached hydrogens (primary N) is 1. The number of hydrogen-bond donors (Lipinski definition) is 2. The Morgan fingerprint density at radius 3 is 2.63 bits per heavy atom. The van der Waals surface area contributed by atoms with E-state index in [1.54, 1.807) is 29.7 Å². The summed E-state index contributed by atoms with van der Waals surface area (Å²) in [5.41, 5.74) is 4.32. The topological polar surface area (TPSA) is 60.1 Å². The van der Waals surface area contributed by atoms with E-state index in [1.807, 2.05) is 6.92 Å². The van der Waals surface area contributed by atoms with Gasteiger partial charge in [0.05, 0.1) is 11.3 Å². The minimum atomic E-state index is -0.392. The van der Waals surface area contributed by atoms with Crippen LogP contribution in [0.2, 0.25) is 0 Å². The van der Waals surface area contributed by atoms with Gasteiger partial charge in [0.15, 0.2) is 0 Å². The maximum atomic E-state index is 14.0. The van der Waals surface area contributed by atoms with Crippen molar-refractivity contribution in [2.75, 3.05) is 0 Å². The van der Waals surface area contributed by atoms with E-state index in [0.29, 0.717) is 21.4 Å². The van der Waals surface area contributed by atoms with E-state index < -0.39 is 5.91 Å². The van der Waals surface area contributed by atoms with Crippen molar-refractivity contribution in [3.63, 3.8) is 0 Å². The molecule has 0 fully saturated rings. The molecule has 2 aromatic rings. The fraction of sp³-hybridized carbons (Fsp3) is 0.154. The van der Waals surface area contributed by atoms with Gasteiger partial charge in [-0.2, -0.15) is 0 Å². The van der Waals surface area contributed by atoms with Gasteiger partial charge < -0.3 is 4.57 Å². The molecule has 0 radical (unpaired) electrons. The summed E-state index contributed by atoms with van der Waals surface area (Å²) in [5, 5.41) is 0. The largest absolute Gasteiger partial charge is 0.315 e. The number of carbonyl (C=O) groups excluding carboxylic acids is 1. The summed E-state index contributed by atoms with van der Waals surface area (Å²) in [4.78, 5) is 11.6. The molecule has 1 heterocycles. The Hall–Kier alpha value is -1.66. The van der Waals surface area contributed by atoms with Crippen molar-refractivity contribution in [1.29, 1.82) is 0 Å². The molecular formula is C13H13BrFN3O. The van der Waals surface area contributed by atoms with Gasteiger partial charge in [0.1, 0.15) is 5.82 Å². The van der Waals surface area contributed by atoms with Crippen molar-refractivity contribution in [1.82, 2.24) is 9.99 Å². The number of nitrogens with one attached hydrogen (secondary N) is 1. The molecule has 100 valence electrons. The highest BCUT2D eigenvalue weighted by Gasteiger charge is 2.17.